The van der Waals surface area contributed by atoms with E-state index in [1.165, 1.54) is 37.3 Å². The molecule has 1 fully saturated rings. The molecule has 10 heteroatoms. The highest BCUT2D eigenvalue weighted by Crippen LogP contribution is 2.40. The number of rotatable bonds is 10. The molecule has 1 aliphatic heterocycles. The summed E-state index contributed by atoms with van der Waals surface area (Å²) in [5.74, 6) is 0.721. The van der Waals surface area contributed by atoms with Gasteiger partial charge < -0.3 is 14.8 Å². The molecular weight excluding hydrogens is 489 g/mol. The summed E-state index contributed by atoms with van der Waals surface area (Å²) >= 11 is 0. The summed E-state index contributed by atoms with van der Waals surface area (Å²) in [7, 11) is 2.83. The number of aromatic nitrogens is 2. The molecule has 38 heavy (non-hydrogen) atoms. The number of urea groups is 1. The number of fused-ring (bicyclic) bond motifs is 1. The fraction of sp³-hybridized carbons (Fsp3) is 0.286. The largest absolute Gasteiger partial charge is 0.497 e. The molecule has 5 rings (SSSR count). The number of methoxy groups -OCH3 is 2. The minimum atomic E-state index is -0.652. The molecule has 2 heterocycles. The third kappa shape index (κ3) is 5.02. The summed E-state index contributed by atoms with van der Waals surface area (Å²) in [6.45, 7) is 4.08. The number of hydrogen-bond donors (Lipinski definition) is 1. The number of para-hydroxylation sites is 1. The van der Waals surface area contributed by atoms with Gasteiger partial charge in [0.25, 0.3) is 0 Å². The van der Waals surface area contributed by atoms with E-state index in [4.69, 9.17) is 9.47 Å². The Morgan fingerprint density at radius 3 is 2.74 bits per heavy atom. The summed E-state index contributed by atoms with van der Waals surface area (Å²) in [4.78, 5) is 37.8. The minimum Gasteiger partial charge on any atom is -0.497 e. The first-order valence-electron chi connectivity index (χ1n) is 12.3. The maximum Gasteiger partial charge on any atom is 0.330 e. The average Bonchev–Trinajstić information content (AvgIpc) is 3.76. The maximum atomic E-state index is 15.3. The predicted octanol–water partition coefficient (Wildman–Crippen LogP) is 5.03. The van der Waals surface area contributed by atoms with Crippen LogP contribution in [0.4, 0.5) is 32.3 Å². The third-order valence-corrected chi connectivity index (χ3v) is 6.62. The maximum absolute atomic E-state index is 15.3. The van der Waals surface area contributed by atoms with Crippen LogP contribution >= 0.6 is 0 Å². The normalized spacial score (nSPS) is 14.7. The standard InChI is InChI=1S/C28H28FN5O4/c1-4-20(35)11-18-7-5-6-8-22(18)31-27-30-14-19-16-33(23-12-21(37-2)13-24(38-3)25(23)29)28(36)34(26(19)32-27)15-17-9-10-17/h4-8,12-14,17H,1,9-11,15-16H2,2-3H3,(H,30,31,32). The molecule has 0 atom stereocenters. The number of halogens is 1. The van der Waals surface area contributed by atoms with Crippen LogP contribution in [-0.2, 0) is 17.8 Å². The van der Waals surface area contributed by atoms with Gasteiger partial charge in [-0.3, -0.25) is 14.6 Å². The quantitative estimate of drug-likeness (QED) is 0.377. The van der Waals surface area contributed by atoms with E-state index in [1.54, 1.807) is 11.1 Å². The second kappa shape index (κ2) is 10.5. The number of ketones is 1. The van der Waals surface area contributed by atoms with Gasteiger partial charge in [-0.15, -0.1) is 0 Å². The number of anilines is 4. The van der Waals surface area contributed by atoms with Gasteiger partial charge in [-0.1, -0.05) is 24.8 Å². The van der Waals surface area contributed by atoms with Crippen molar-refractivity contribution in [1.29, 1.82) is 0 Å². The van der Waals surface area contributed by atoms with Crippen LogP contribution < -0.4 is 24.6 Å². The molecule has 0 saturated heterocycles. The smallest absolute Gasteiger partial charge is 0.330 e. The molecule has 2 aromatic carbocycles. The van der Waals surface area contributed by atoms with Crippen molar-refractivity contribution in [3.8, 4) is 11.5 Å². The molecule has 9 nitrogen and oxygen atoms in total. The van der Waals surface area contributed by atoms with Crippen molar-refractivity contribution >= 4 is 35.0 Å². The molecule has 0 unspecified atom stereocenters. The Balaban J connectivity index is 1.50. The van der Waals surface area contributed by atoms with Gasteiger partial charge >= 0.3 is 6.03 Å². The van der Waals surface area contributed by atoms with Gasteiger partial charge in [0.15, 0.2) is 17.3 Å². The van der Waals surface area contributed by atoms with E-state index in [9.17, 15) is 9.59 Å². The molecule has 2 aliphatic rings. The Kier molecular flexibility index (Phi) is 6.95. The fourth-order valence-electron chi connectivity index (χ4n) is 4.39. The summed E-state index contributed by atoms with van der Waals surface area (Å²) in [6, 6.07) is 9.91. The summed E-state index contributed by atoms with van der Waals surface area (Å²) in [5.41, 5.74) is 2.19. The number of allylic oxidation sites excluding steroid dienone is 1. The van der Waals surface area contributed by atoms with E-state index < -0.39 is 5.82 Å². The van der Waals surface area contributed by atoms with Crippen LogP contribution in [0, 0.1) is 11.7 Å². The van der Waals surface area contributed by atoms with Crippen LogP contribution in [0.3, 0.4) is 0 Å². The molecule has 2 amide bonds. The van der Waals surface area contributed by atoms with Crippen molar-refractivity contribution in [1.82, 2.24) is 9.97 Å². The Morgan fingerprint density at radius 1 is 1.24 bits per heavy atom. The fourth-order valence-corrected chi connectivity index (χ4v) is 4.39. The van der Waals surface area contributed by atoms with Crippen molar-refractivity contribution in [2.75, 3.05) is 35.9 Å². The lowest BCUT2D eigenvalue weighted by atomic mass is 10.1. The topological polar surface area (TPSA) is 96.9 Å². The number of carbonyl (C=O) groups excluding carboxylic acids is 2. The number of amides is 2. The molecule has 0 radical (unpaired) electrons. The van der Waals surface area contributed by atoms with E-state index in [-0.39, 0.29) is 36.2 Å². The Morgan fingerprint density at radius 2 is 2.03 bits per heavy atom. The molecular formula is C28H28FN5O4. The van der Waals surface area contributed by atoms with Gasteiger partial charge in [0.05, 0.1) is 26.5 Å². The molecule has 3 aromatic rings. The van der Waals surface area contributed by atoms with Crippen LogP contribution in [0.2, 0.25) is 0 Å². The molecule has 196 valence electrons. The lowest BCUT2D eigenvalue weighted by Crippen LogP contribution is -2.49. The van der Waals surface area contributed by atoms with Crippen LogP contribution in [0.15, 0.2) is 55.3 Å². The molecule has 1 saturated carbocycles. The number of ether oxygens (including phenoxy) is 2. The van der Waals surface area contributed by atoms with Crippen molar-refractivity contribution in [2.45, 2.75) is 25.8 Å². The van der Waals surface area contributed by atoms with Gasteiger partial charge in [0, 0.05) is 42.5 Å². The zero-order valence-corrected chi connectivity index (χ0v) is 21.2. The van der Waals surface area contributed by atoms with Gasteiger partial charge in [0.1, 0.15) is 11.6 Å². The van der Waals surface area contributed by atoms with Gasteiger partial charge in [-0.2, -0.15) is 4.98 Å². The number of hydrogen-bond acceptors (Lipinski definition) is 7. The van der Waals surface area contributed by atoms with E-state index >= 15 is 4.39 Å². The van der Waals surface area contributed by atoms with Crippen LogP contribution in [0.1, 0.15) is 24.0 Å². The summed E-state index contributed by atoms with van der Waals surface area (Å²) in [5, 5.41) is 3.19. The first kappa shape index (κ1) is 25.2. The SMILES string of the molecule is C=CC(=O)Cc1ccccc1Nc1ncc2c(n1)N(CC1CC1)C(=O)N(c1cc(OC)cc(OC)c1F)C2. The summed E-state index contributed by atoms with van der Waals surface area (Å²) < 4.78 is 25.8. The second-order valence-corrected chi connectivity index (χ2v) is 9.26. The van der Waals surface area contributed by atoms with Crippen LogP contribution in [0.25, 0.3) is 0 Å². The Bertz CT molecular complexity index is 1410. The highest BCUT2D eigenvalue weighted by atomic mass is 19.1. The second-order valence-electron chi connectivity index (χ2n) is 9.26. The van der Waals surface area contributed by atoms with Gasteiger partial charge in [0.2, 0.25) is 5.95 Å². The van der Waals surface area contributed by atoms with Crippen molar-refractivity contribution < 1.29 is 23.5 Å². The van der Waals surface area contributed by atoms with Gasteiger partial charge in [-0.25, -0.2) is 14.2 Å². The molecule has 0 bridgehead atoms. The summed E-state index contributed by atoms with van der Waals surface area (Å²) in [6.07, 6.45) is 5.15. The molecule has 1 aromatic heterocycles. The molecule has 0 spiro atoms. The van der Waals surface area contributed by atoms with Crippen LogP contribution in [0.5, 0.6) is 11.5 Å². The number of nitrogens with zero attached hydrogens (tertiary/aromatic N) is 4. The number of carbonyl (C=O) groups is 2. The highest BCUT2D eigenvalue weighted by Gasteiger charge is 2.38. The van der Waals surface area contributed by atoms with E-state index in [0.29, 0.717) is 41.2 Å². The minimum absolute atomic E-state index is 0.0175. The Labute approximate surface area is 219 Å². The number of benzene rings is 2. The predicted molar refractivity (Wildman–Crippen MR) is 142 cm³/mol. The van der Waals surface area contributed by atoms with Crippen LogP contribution in [-0.4, -0.2) is 42.5 Å². The van der Waals surface area contributed by atoms with E-state index in [1.807, 2.05) is 24.3 Å². The molecule has 1 aliphatic carbocycles. The van der Waals surface area contributed by atoms with E-state index in [2.05, 4.69) is 21.9 Å². The van der Waals surface area contributed by atoms with Crippen molar-refractivity contribution in [3.05, 3.63) is 72.2 Å². The average molecular weight is 518 g/mol. The van der Waals surface area contributed by atoms with Crippen molar-refractivity contribution in [2.24, 2.45) is 5.92 Å². The third-order valence-electron chi connectivity index (χ3n) is 6.62. The lowest BCUT2D eigenvalue weighted by molar-refractivity contribution is -0.114. The Hall–Kier alpha value is -4.47. The first-order chi connectivity index (χ1) is 18.4. The zero-order chi connectivity index (χ0) is 26.8. The molecule has 1 N–H and O–H groups in total. The lowest BCUT2D eigenvalue weighted by Gasteiger charge is -2.36. The van der Waals surface area contributed by atoms with Crippen molar-refractivity contribution in [3.63, 3.8) is 0 Å². The zero-order valence-electron chi connectivity index (χ0n) is 21.2. The highest BCUT2D eigenvalue weighted by molar-refractivity contribution is 6.05. The number of nitrogens with one attached hydrogen (secondary N) is 1. The first-order valence-corrected chi connectivity index (χ1v) is 12.3. The van der Waals surface area contributed by atoms with E-state index in [0.717, 1.165) is 18.4 Å². The monoisotopic (exact) mass is 517 g/mol. The van der Waals surface area contributed by atoms with Gasteiger partial charge in [-0.05, 0) is 36.5 Å².